The van der Waals surface area contributed by atoms with E-state index in [1.165, 1.54) is 0 Å². The van der Waals surface area contributed by atoms with Gasteiger partial charge in [0.1, 0.15) is 11.5 Å². The summed E-state index contributed by atoms with van der Waals surface area (Å²) in [6.45, 7) is 13.6. The Balaban J connectivity index is -0.000000333. The van der Waals surface area contributed by atoms with Crippen LogP contribution in [0.4, 0.5) is 0 Å². The number of aliphatic hydroxyl groups is 1. The van der Waals surface area contributed by atoms with E-state index < -0.39 is 15.2 Å². The molecule has 1 unspecified atom stereocenters. The largest absolute Gasteiger partial charge is 0.481 e. The van der Waals surface area contributed by atoms with Crippen molar-refractivity contribution in [3.05, 3.63) is 59.7 Å². The van der Waals surface area contributed by atoms with Gasteiger partial charge in [0.05, 0.1) is 38.2 Å². The maximum absolute atomic E-state index is 12.2. The van der Waals surface area contributed by atoms with Crippen LogP contribution in [-0.2, 0) is 27.2 Å². The molecule has 13 nitrogen and oxygen atoms in total. The van der Waals surface area contributed by atoms with E-state index >= 15 is 0 Å². The summed E-state index contributed by atoms with van der Waals surface area (Å²) in [6, 6.07) is 13.9. The molecule has 0 saturated carbocycles. The topological polar surface area (TPSA) is 175 Å². The SMILES string of the molecule is C.C.C.CCO.CCOP(=O)(COc1cccc(/C(C)=N/O)c1)OCC.CCOP(=O)(COc1cccc(C(C)NO)c1)OCC. The van der Waals surface area contributed by atoms with Crippen molar-refractivity contribution in [2.45, 2.75) is 76.8 Å². The van der Waals surface area contributed by atoms with Crippen LogP contribution in [0.5, 0.6) is 11.5 Å². The highest BCUT2D eigenvalue weighted by Gasteiger charge is 2.25. The first-order valence-corrected chi connectivity index (χ1v) is 17.4. The monoisotopic (exact) mass is 698 g/mol. The van der Waals surface area contributed by atoms with Crippen LogP contribution in [0.15, 0.2) is 53.7 Å². The quantitative estimate of drug-likeness (QED) is 0.0536. The molecule has 0 heterocycles. The van der Waals surface area contributed by atoms with Gasteiger partial charge in [0.25, 0.3) is 0 Å². The van der Waals surface area contributed by atoms with Gasteiger partial charge in [-0.1, -0.05) is 51.7 Å². The van der Waals surface area contributed by atoms with Gasteiger partial charge in [0.2, 0.25) is 0 Å². The number of benzene rings is 2. The third-order valence-electron chi connectivity index (χ3n) is 5.04. The summed E-state index contributed by atoms with van der Waals surface area (Å²) in [6.07, 6.45) is -0.299. The second-order valence-corrected chi connectivity index (χ2v) is 12.4. The second kappa shape index (κ2) is 28.9. The number of hydrogen-bond donors (Lipinski definition) is 4. The number of nitrogens with one attached hydrogen (secondary N) is 1. The molecule has 0 aliphatic heterocycles. The van der Waals surface area contributed by atoms with E-state index in [1.54, 1.807) is 84.0 Å². The fourth-order valence-electron chi connectivity index (χ4n) is 3.13. The molecule has 15 heteroatoms. The highest BCUT2D eigenvalue weighted by Crippen LogP contribution is 2.48. The number of ether oxygens (including phenoxy) is 2. The Kier molecular flexibility index (Phi) is 31.7. The van der Waals surface area contributed by atoms with Crippen LogP contribution in [0.1, 0.15) is 87.9 Å². The molecule has 0 radical (unpaired) electrons. The minimum atomic E-state index is -3.23. The Bertz CT molecular complexity index is 1130. The molecule has 2 rings (SSSR count). The highest BCUT2D eigenvalue weighted by molar-refractivity contribution is 7.53. The van der Waals surface area contributed by atoms with Crippen LogP contribution in [0.25, 0.3) is 0 Å². The van der Waals surface area contributed by atoms with Crippen molar-refractivity contribution in [3.63, 3.8) is 0 Å². The standard InChI is InChI=1S/C13H22NO5P.C13H20NO5P.C2H6O.3CH4/c2*1-4-18-20(16,19-5-2)10-17-13-8-6-7-12(9-13)11(3)14-15;1-2-3;;;/h6-9,11,14-15H,4-5,10H2,1-3H3;6-9,15H,4-5,10H2,1-3H3;3H,2H2,1H3;3*1H4/b;14-11+;;;;. The van der Waals surface area contributed by atoms with E-state index in [-0.39, 0.29) is 60.8 Å². The molecular weight excluding hydrogens is 638 g/mol. The van der Waals surface area contributed by atoms with E-state index in [2.05, 4.69) is 10.6 Å². The average Bonchev–Trinajstić information content (AvgIpc) is 3.00. The zero-order valence-corrected chi connectivity index (χ0v) is 27.9. The molecule has 2 aromatic rings. The predicted octanol–water partition coefficient (Wildman–Crippen LogP) is 8.72. The van der Waals surface area contributed by atoms with Gasteiger partial charge in [-0.2, -0.15) is 5.48 Å². The first-order chi connectivity index (χ1) is 20.5. The number of rotatable bonds is 17. The maximum Gasteiger partial charge on any atom is 0.367 e. The van der Waals surface area contributed by atoms with E-state index in [9.17, 15) is 9.13 Å². The Morgan fingerprint density at radius 3 is 1.54 bits per heavy atom. The minimum Gasteiger partial charge on any atom is -0.481 e. The van der Waals surface area contributed by atoms with Crippen molar-refractivity contribution < 1.29 is 52.2 Å². The average molecular weight is 699 g/mol. The highest BCUT2D eigenvalue weighted by atomic mass is 31.2. The summed E-state index contributed by atoms with van der Waals surface area (Å²) in [5, 5.41) is 28.3. The van der Waals surface area contributed by atoms with E-state index in [4.69, 9.17) is 43.1 Å². The number of aliphatic hydroxyl groups excluding tert-OH is 1. The smallest absolute Gasteiger partial charge is 0.367 e. The summed E-state index contributed by atoms with van der Waals surface area (Å²) < 4.78 is 56.0. The van der Waals surface area contributed by atoms with Crippen molar-refractivity contribution >= 4 is 20.9 Å². The zero-order valence-electron chi connectivity index (χ0n) is 26.1. The minimum absolute atomic E-state index is 0. The van der Waals surface area contributed by atoms with Crippen molar-refractivity contribution in [3.8, 4) is 11.5 Å². The van der Waals surface area contributed by atoms with Gasteiger partial charge in [-0.3, -0.25) is 9.13 Å². The van der Waals surface area contributed by atoms with Crippen molar-refractivity contribution in [1.29, 1.82) is 0 Å². The molecule has 2 aromatic carbocycles. The van der Waals surface area contributed by atoms with Crippen molar-refractivity contribution in [2.24, 2.45) is 5.16 Å². The number of hydroxylamine groups is 1. The lowest BCUT2D eigenvalue weighted by molar-refractivity contribution is 0.133. The van der Waals surface area contributed by atoms with Gasteiger partial charge in [0, 0.05) is 12.2 Å². The van der Waals surface area contributed by atoms with Crippen LogP contribution in [-0.4, -0.2) is 67.0 Å². The lowest BCUT2D eigenvalue weighted by Crippen LogP contribution is -2.13. The molecule has 0 fully saturated rings. The third kappa shape index (κ3) is 20.7. The van der Waals surface area contributed by atoms with Gasteiger partial charge in [-0.05, 0) is 78.3 Å². The molecular formula is C31H60N2O11P2. The van der Waals surface area contributed by atoms with E-state index in [0.717, 1.165) is 5.56 Å². The van der Waals surface area contributed by atoms with Gasteiger partial charge < -0.3 is 43.1 Å². The lowest BCUT2D eigenvalue weighted by Gasteiger charge is -2.18. The van der Waals surface area contributed by atoms with Crippen LogP contribution in [0.2, 0.25) is 0 Å². The van der Waals surface area contributed by atoms with Gasteiger partial charge in [-0.25, -0.2) is 0 Å². The Morgan fingerprint density at radius 1 is 0.783 bits per heavy atom. The Morgan fingerprint density at radius 2 is 1.17 bits per heavy atom. The predicted molar refractivity (Wildman–Crippen MR) is 186 cm³/mol. The van der Waals surface area contributed by atoms with Crippen molar-refractivity contribution in [2.75, 3.05) is 45.7 Å². The Labute approximate surface area is 277 Å². The van der Waals surface area contributed by atoms with Crippen LogP contribution in [0.3, 0.4) is 0 Å². The summed E-state index contributed by atoms with van der Waals surface area (Å²) in [5.41, 5.74) is 4.20. The number of nitrogens with zero attached hydrogens (tertiary/aromatic N) is 1. The van der Waals surface area contributed by atoms with Crippen LogP contribution >= 0.6 is 15.2 Å². The molecule has 0 aliphatic rings. The first-order valence-electron chi connectivity index (χ1n) is 13.9. The molecule has 4 N–H and O–H groups in total. The Hall–Kier alpha value is -2.31. The van der Waals surface area contributed by atoms with Crippen molar-refractivity contribution in [1.82, 2.24) is 5.48 Å². The summed E-state index contributed by atoms with van der Waals surface area (Å²) >= 11 is 0. The molecule has 1 atom stereocenters. The number of oxime groups is 1. The normalized spacial score (nSPS) is 11.5. The van der Waals surface area contributed by atoms with Gasteiger partial charge in [-0.15, -0.1) is 0 Å². The molecule has 46 heavy (non-hydrogen) atoms. The second-order valence-electron chi connectivity index (χ2n) is 8.39. The molecule has 0 amide bonds. The molecule has 0 aliphatic carbocycles. The first kappa shape index (κ1) is 50.5. The maximum atomic E-state index is 12.2. The number of hydrogen-bond acceptors (Lipinski definition) is 13. The lowest BCUT2D eigenvalue weighted by atomic mass is 10.1. The molecule has 0 aromatic heterocycles. The van der Waals surface area contributed by atoms with Crippen LogP contribution < -0.4 is 15.0 Å². The molecule has 0 spiro atoms. The van der Waals surface area contributed by atoms with E-state index in [1.807, 2.05) is 13.0 Å². The molecule has 0 saturated heterocycles. The fraction of sp³-hybridized carbons (Fsp3) is 0.581. The van der Waals surface area contributed by atoms with Crippen LogP contribution in [0, 0.1) is 0 Å². The zero-order chi connectivity index (χ0) is 32.7. The summed E-state index contributed by atoms with van der Waals surface area (Å²) in [7, 11) is -6.45. The summed E-state index contributed by atoms with van der Waals surface area (Å²) in [5.74, 6) is 1.05. The fourth-order valence-corrected chi connectivity index (χ4v) is 5.77. The molecule has 0 bridgehead atoms. The summed E-state index contributed by atoms with van der Waals surface area (Å²) in [4.78, 5) is 0. The van der Waals surface area contributed by atoms with E-state index in [0.29, 0.717) is 36.0 Å². The van der Waals surface area contributed by atoms with Gasteiger partial charge >= 0.3 is 15.2 Å². The van der Waals surface area contributed by atoms with Gasteiger partial charge in [0.15, 0.2) is 12.7 Å². The third-order valence-corrected chi connectivity index (χ3v) is 8.53. The molecule has 270 valence electrons.